The molecule has 0 saturated heterocycles. The zero-order valence-electron chi connectivity index (χ0n) is 11.9. The largest absolute Gasteiger partial charge is 0.465 e. The first kappa shape index (κ1) is 15.9. The quantitative estimate of drug-likeness (QED) is 0.833. The maximum atomic E-state index is 12.3. The van der Waals surface area contributed by atoms with Crippen LogP contribution in [0.25, 0.3) is 6.08 Å². The molecule has 0 bridgehead atoms. The number of furan rings is 1. The fraction of sp³-hybridized carbons (Fsp3) is 0.125. The highest BCUT2D eigenvalue weighted by Crippen LogP contribution is 2.15. The van der Waals surface area contributed by atoms with Crippen LogP contribution in [0.3, 0.4) is 0 Å². The van der Waals surface area contributed by atoms with Crippen LogP contribution in [0, 0.1) is 0 Å². The molecule has 1 aromatic heterocycles. The second-order valence-electron chi connectivity index (χ2n) is 4.37. The van der Waals surface area contributed by atoms with Crippen molar-refractivity contribution < 1.29 is 14.0 Å². The fourth-order valence-electron chi connectivity index (χ4n) is 1.76. The number of likely N-dealkylation sites (N-methyl/N-ethyl adjacent to an activating group) is 1. The lowest BCUT2D eigenvalue weighted by molar-refractivity contribution is -0.117. The van der Waals surface area contributed by atoms with Gasteiger partial charge in [0.1, 0.15) is 11.5 Å². The van der Waals surface area contributed by atoms with Crippen LogP contribution >= 0.6 is 11.6 Å². The number of halogens is 1. The summed E-state index contributed by atoms with van der Waals surface area (Å²) in [4.78, 5) is 24.3. The van der Waals surface area contributed by atoms with Crippen molar-refractivity contribution in [3.63, 3.8) is 0 Å². The van der Waals surface area contributed by atoms with Gasteiger partial charge in [0.25, 0.3) is 11.8 Å². The minimum atomic E-state index is -0.463. The van der Waals surface area contributed by atoms with E-state index in [9.17, 15) is 9.59 Å². The van der Waals surface area contributed by atoms with Crippen LogP contribution in [-0.2, 0) is 4.79 Å². The van der Waals surface area contributed by atoms with E-state index in [1.165, 1.54) is 12.3 Å². The monoisotopic (exact) mass is 318 g/mol. The average Bonchev–Trinajstić information content (AvgIpc) is 3.00. The number of nitrogens with one attached hydrogen (secondary N) is 2. The highest BCUT2D eigenvalue weighted by atomic mass is 35.5. The fourth-order valence-corrected chi connectivity index (χ4v) is 1.99. The number of benzene rings is 1. The third-order valence-corrected chi connectivity index (χ3v) is 3.11. The van der Waals surface area contributed by atoms with Gasteiger partial charge in [-0.25, -0.2) is 0 Å². The SMILES string of the molecule is CCNC(=O)C(=Cc1ccco1)NC(=O)c1ccccc1Cl. The van der Waals surface area contributed by atoms with E-state index in [0.29, 0.717) is 22.9 Å². The molecule has 0 aliphatic heterocycles. The molecular weight excluding hydrogens is 304 g/mol. The zero-order valence-corrected chi connectivity index (χ0v) is 12.7. The topological polar surface area (TPSA) is 71.3 Å². The third-order valence-electron chi connectivity index (χ3n) is 2.78. The van der Waals surface area contributed by atoms with Crippen LogP contribution < -0.4 is 10.6 Å². The molecule has 1 aromatic carbocycles. The van der Waals surface area contributed by atoms with E-state index in [2.05, 4.69) is 10.6 Å². The molecule has 114 valence electrons. The first-order valence-electron chi connectivity index (χ1n) is 6.71. The van der Waals surface area contributed by atoms with Crippen LogP contribution in [0.15, 0.2) is 52.8 Å². The summed E-state index contributed by atoms with van der Waals surface area (Å²) in [5.74, 6) is -0.408. The number of carbonyl (C=O) groups excluding carboxylic acids is 2. The molecule has 2 rings (SSSR count). The second-order valence-corrected chi connectivity index (χ2v) is 4.77. The van der Waals surface area contributed by atoms with Gasteiger partial charge < -0.3 is 15.1 Å². The number of hydrogen-bond acceptors (Lipinski definition) is 3. The van der Waals surface area contributed by atoms with Gasteiger partial charge in [0.05, 0.1) is 16.8 Å². The van der Waals surface area contributed by atoms with Crippen molar-refractivity contribution in [2.75, 3.05) is 6.54 Å². The van der Waals surface area contributed by atoms with E-state index in [-0.39, 0.29) is 5.70 Å². The summed E-state index contributed by atoms with van der Waals surface area (Å²) in [5.41, 5.74) is 0.375. The Labute approximate surface area is 133 Å². The van der Waals surface area contributed by atoms with Crippen LogP contribution in [0.5, 0.6) is 0 Å². The van der Waals surface area contributed by atoms with Gasteiger partial charge in [-0.2, -0.15) is 0 Å². The summed E-state index contributed by atoms with van der Waals surface area (Å²) in [6.45, 7) is 2.23. The molecule has 2 amide bonds. The Morgan fingerprint density at radius 2 is 2.00 bits per heavy atom. The summed E-state index contributed by atoms with van der Waals surface area (Å²) < 4.78 is 5.17. The van der Waals surface area contributed by atoms with Crippen molar-refractivity contribution >= 4 is 29.5 Å². The number of rotatable bonds is 5. The summed E-state index contributed by atoms with van der Waals surface area (Å²) >= 11 is 5.99. The molecule has 0 aliphatic rings. The van der Waals surface area contributed by atoms with Crippen molar-refractivity contribution in [1.82, 2.24) is 10.6 Å². The molecule has 0 spiro atoms. The normalized spacial score (nSPS) is 11.1. The van der Waals surface area contributed by atoms with E-state index in [4.69, 9.17) is 16.0 Å². The van der Waals surface area contributed by atoms with Gasteiger partial charge in [-0.3, -0.25) is 9.59 Å². The van der Waals surface area contributed by atoms with Crippen molar-refractivity contribution in [2.45, 2.75) is 6.92 Å². The lowest BCUT2D eigenvalue weighted by atomic mass is 10.2. The first-order chi connectivity index (χ1) is 10.6. The number of amides is 2. The van der Waals surface area contributed by atoms with E-state index in [0.717, 1.165) is 0 Å². The zero-order chi connectivity index (χ0) is 15.9. The molecule has 0 radical (unpaired) electrons. The Kier molecular flexibility index (Phi) is 5.38. The van der Waals surface area contributed by atoms with Crippen LogP contribution in [0.2, 0.25) is 5.02 Å². The number of carbonyl (C=O) groups is 2. The van der Waals surface area contributed by atoms with E-state index < -0.39 is 11.8 Å². The van der Waals surface area contributed by atoms with E-state index in [1.807, 2.05) is 0 Å². The summed E-state index contributed by atoms with van der Waals surface area (Å²) in [7, 11) is 0. The first-order valence-corrected chi connectivity index (χ1v) is 7.09. The van der Waals surface area contributed by atoms with Crippen molar-refractivity contribution in [3.05, 3.63) is 64.7 Å². The Morgan fingerprint density at radius 3 is 2.64 bits per heavy atom. The van der Waals surface area contributed by atoms with Gasteiger partial charge in [0, 0.05) is 12.6 Å². The third kappa shape index (κ3) is 3.99. The average molecular weight is 319 g/mol. The van der Waals surface area contributed by atoms with Gasteiger partial charge in [0.2, 0.25) is 0 Å². The minimum Gasteiger partial charge on any atom is -0.465 e. The molecule has 0 aliphatic carbocycles. The van der Waals surface area contributed by atoms with Crippen LogP contribution in [0.4, 0.5) is 0 Å². The predicted octanol–water partition coefficient (Wildman–Crippen LogP) is 2.84. The molecule has 5 nitrogen and oxygen atoms in total. The summed E-state index contributed by atoms with van der Waals surface area (Å²) in [6, 6.07) is 9.99. The Bertz CT molecular complexity index is 693. The smallest absolute Gasteiger partial charge is 0.267 e. The van der Waals surface area contributed by atoms with Gasteiger partial charge >= 0.3 is 0 Å². The Hall–Kier alpha value is -2.53. The van der Waals surface area contributed by atoms with Crippen molar-refractivity contribution in [1.29, 1.82) is 0 Å². The molecule has 2 aromatic rings. The van der Waals surface area contributed by atoms with E-state index >= 15 is 0 Å². The molecular formula is C16H15ClN2O3. The Morgan fingerprint density at radius 1 is 1.23 bits per heavy atom. The van der Waals surface area contributed by atoms with Crippen molar-refractivity contribution in [2.24, 2.45) is 0 Å². The van der Waals surface area contributed by atoms with Gasteiger partial charge in [0.15, 0.2) is 0 Å². The highest BCUT2D eigenvalue weighted by Gasteiger charge is 2.16. The highest BCUT2D eigenvalue weighted by molar-refractivity contribution is 6.34. The van der Waals surface area contributed by atoms with E-state index in [1.54, 1.807) is 43.3 Å². The summed E-state index contributed by atoms with van der Waals surface area (Å²) in [6.07, 6.45) is 2.94. The number of hydrogen-bond donors (Lipinski definition) is 2. The second kappa shape index (κ2) is 7.47. The molecule has 1 heterocycles. The minimum absolute atomic E-state index is 0.0849. The molecule has 0 saturated carbocycles. The molecule has 0 atom stereocenters. The van der Waals surface area contributed by atoms with Gasteiger partial charge in [-0.05, 0) is 31.2 Å². The predicted molar refractivity (Wildman–Crippen MR) is 84.3 cm³/mol. The maximum absolute atomic E-state index is 12.3. The van der Waals surface area contributed by atoms with Crippen LogP contribution in [-0.4, -0.2) is 18.4 Å². The summed E-state index contributed by atoms with van der Waals surface area (Å²) in [5, 5.41) is 5.51. The van der Waals surface area contributed by atoms with Crippen LogP contribution in [0.1, 0.15) is 23.0 Å². The van der Waals surface area contributed by atoms with Gasteiger partial charge in [-0.15, -0.1) is 0 Å². The molecule has 22 heavy (non-hydrogen) atoms. The Balaban J connectivity index is 2.25. The van der Waals surface area contributed by atoms with Crippen molar-refractivity contribution in [3.8, 4) is 0 Å². The lowest BCUT2D eigenvalue weighted by Gasteiger charge is -2.10. The van der Waals surface area contributed by atoms with Gasteiger partial charge in [-0.1, -0.05) is 23.7 Å². The lowest BCUT2D eigenvalue weighted by Crippen LogP contribution is -2.34. The molecule has 6 heteroatoms. The maximum Gasteiger partial charge on any atom is 0.267 e. The molecule has 0 unspecified atom stereocenters. The molecule has 2 N–H and O–H groups in total. The molecule has 0 fully saturated rings. The standard InChI is InChI=1S/C16H15ClN2O3/c1-2-18-16(21)14(10-11-6-5-9-22-11)19-15(20)12-7-3-4-8-13(12)17/h3-10H,2H2,1H3,(H,18,21)(H,19,20).